The van der Waals surface area contributed by atoms with E-state index in [2.05, 4.69) is 23.4 Å². The Bertz CT molecular complexity index is 1180. The molecule has 32 heavy (non-hydrogen) atoms. The van der Waals surface area contributed by atoms with Crippen LogP contribution in [0.15, 0.2) is 83.4 Å². The first kappa shape index (κ1) is 23.1. The summed E-state index contributed by atoms with van der Waals surface area (Å²) in [6.07, 6.45) is 3.38. The molecule has 0 atom stereocenters. The molecule has 8 heteroatoms. The summed E-state index contributed by atoms with van der Waals surface area (Å²) in [5.74, 6) is 0. The van der Waals surface area contributed by atoms with Gasteiger partial charge in [0.25, 0.3) is 11.1 Å². The van der Waals surface area contributed by atoms with E-state index in [9.17, 15) is 9.59 Å². The summed E-state index contributed by atoms with van der Waals surface area (Å²) >= 11 is 0. The molecular formula is C24H28N4O4. The summed E-state index contributed by atoms with van der Waals surface area (Å²) in [5, 5.41) is 7.51. The van der Waals surface area contributed by atoms with Crippen LogP contribution in [0.4, 0.5) is 0 Å². The number of aromatic nitrogens is 4. The molecule has 8 nitrogen and oxygen atoms in total. The van der Waals surface area contributed by atoms with Gasteiger partial charge in [0, 0.05) is 0 Å². The molecule has 2 heterocycles. The van der Waals surface area contributed by atoms with Gasteiger partial charge >= 0.3 is 0 Å². The van der Waals surface area contributed by atoms with E-state index in [1.165, 1.54) is 0 Å². The third-order valence-electron chi connectivity index (χ3n) is 4.71. The Labute approximate surface area is 185 Å². The van der Waals surface area contributed by atoms with Gasteiger partial charge in [-0.05, 0) is 24.3 Å². The zero-order valence-corrected chi connectivity index (χ0v) is 18.0. The molecule has 0 spiro atoms. The Morgan fingerprint density at radius 3 is 1.50 bits per heavy atom. The highest BCUT2D eigenvalue weighted by molar-refractivity contribution is 5.78. The maximum Gasteiger partial charge on any atom is 0.274 e. The van der Waals surface area contributed by atoms with Gasteiger partial charge in [-0.2, -0.15) is 0 Å². The highest BCUT2D eigenvalue weighted by Gasteiger charge is 2.05. The number of benzene rings is 2. The molecule has 0 fully saturated rings. The van der Waals surface area contributed by atoms with Crippen LogP contribution in [0.1, 0.15) is 0 Å². The third-order valence-corrected chi connectivity index (χ3v) is 4.71. The van der Waals surface area contributed by atoms with Gasteiger partial charge in [-0.15, -0.1) is 13.2 Å². The number of nitrogens with zero attached hydrogens (tertiary/aromatic N) is 2. The van der Waals surface area contributed by atoms with Crippen LogP contribution in [0.3, 0.4) is 0 Å². The summed E-state index contributed by atoms with van der Waals surface area (Å²) in [7, 11) is 0. The minimum absolute atomic E-state index is 0.00203. The molecule has 4 rings (SSSR count). The Hall–Kier alpha value is -3.62. The van der Waals surface area contributed by atoms with Crippen LogP contribution in [0.5, 0.6) is 0 Å². The van der Waals surface area contributed by atoms with Crippen molar-refractivity contribution in [2.75, 3.05) is 26.4 Å². The van der Waals surface area contributed by atoms with Gasteiger partial charge in [0.1, 0.15) is 0 Å². The second kappa shape index (κ2) is 11.7. The van der Waals surface area contributed by atoms with Crippen LogP contribution in [0.25, 0.3) is 21.8 Å². The fourth-order valence-corrected chi connectivity index (χ4v) is 3.18. The van der Waals surface area contributed by atoms with Crippen molar-refractivity contribution >= 4 is 21.8 Å². The van der Waals surface area contributed by atoms with Gasteiger partial charge in [-0.3, -0.25) is 19.8 Å². The lowest BCUT2D eigenvalue weighted by Crippen LogP contribution is -2.19. The fourth-order valence-electron chi connectivity index (χ4n) is 3.18. The summed E-state index contributed by atoms with van der Waals surface area (Å²) in [6.45, 7) is 10.2. The number of hydrogen-bond donors (Lipinski definition) is 2. The maximum atomic E-state index is 11.8. The van der Waals surface area contributed by atoms with Crippen molar-refractivity contribution in [3.05, 3.63) is 94.5 Å². The molecule has 2 aromatic carbocycles. The van der Waals surface area contributed by atoms with Gasteiger partial charge in [0.15, 0.2) is 0 Å². The molecule has 0 radical (unpaired) electrons. The van der Waals surface area contributed by atoms with Crippen molar-refractivity contribution in [1.29, 1.82) is 0 Å². The smallest absolute Gasteiger partial charge is 0.274 e. The van der Waals surface area contributed by atoms with Crippen LogP contribution in [0, 0.1) is 0 Å². The van der Waals surface area contributed by atoms with Gasteiger partial charge in [-0.1, -0.05) is 36.4 Å². The predicted molar refractivity (Wildman–Crippen MR) is 127 cm³/mol. The highest BCUT2D eigenvalue weighted by atomic mass is 16.5. The average Bonchev–Trinajstić information content (AvgIpc) is 3.32. The first-order valence-electron chi connectivity index (χ1n) is 10.4. The van der Waals surface area contributed by atoms with Crippen LogP contribution < -0.4 is 11.1 Å². The molecule has 2 N–H and O–H groups in total. The van der Waals surface area contributed by atoms with Crippen LogP contribution in [-0.4, -0.2) is 46.0 Å². The fraction of sp³-hybridized carbons (Fsp3) is 0.250. The third kappa shape index (κ3) is 5.75. The number of para-hydroxylation sites is 2. The Balaban J connectivity index is 0.000000181. The number of fused-ring (bicyclic) bond motifs is 2. The topological polar surface area (TPSA) is 94.0 Å². The van der Waals surface area contributed by atoms with Crippen LogP contribution in [0.2, 0.25) is 0 Å². The predicted octanol–water partition coefficient (Wildman–Crippen LogP) is 3.06. The molecule has 0 saturated carbocycles. The molecule has 0 unspecified atom stereocenters. The van der Waals surface area contributed by atoms with E-state index >= 15 is 0 Å². The van der Waals surface area contributed by atoms with Gasteiger partial charge in [0.2, 0.25) is 0 Å². The van der Waals surface area contributed by atoms with Crippen molar-refractivity contribution < 1.29 is 9.47 Å². The van der Waals surface area contributed by atoms with Crippen molar-refractivity contribution in [2.45, 2.75) is 13.1 Å². The number of ether oxygens (including phenoxy) is 2. The van der Waals surface area contributed by atoms with Crippen molar-refractivity contribution in [3.63, 3.8) is 0 Å². The summed E-state index contributed by atoms with van der Waals surface area (Å²) in [6, 6.07) is 14.9. The first-order valence-corrected chi connectivity index (χ1v) is 10.4. The lowest BCUT2D eigenvalue weighted by molar-refractivity contribution is 0.149. The van der Waals surface area contributed by atoms with Gasteiger partial charge in [0.05, 0.1) is 61.3 Å². The number of hydrogen-bond acceptors (Lipinski definition) is 4. The van der Waals surface area contributed by atoms with E-state index in [0.29, 0.717) is 50.3 Å². The largest absolute Gasteiger partial charge is 0.375 e. The van der Waals surface area contributed by atoms with Crippen molar-refractivity contribution in [1.82, 2.24) is 19.6 Å². The number of aromatic amines is 2. The van der Waals surface area contributed by atoms with Crippen LogP contribution in [-0.2, 0) is 22.6 Å². The molecule has 0 saturated heterocycles. The van der Waals surface area contributed by atoms with E-state index in [-0.39, 0.29) is 11.1 Å². The number of rotatable bonds is 10. The standard InChI is InChI=1S/2C12H14N2O2/c2*1-2-8-16-9-7-14-12(15)10-5-3-4-6-11(10)13-14/h2*2-6,13H,1,7-9H2. The zero-order chi connectivity index (χ0) is 22.8. The second-order valence-corrected chi connectivity index (χ2v) is 6.96. The highest BCUT2D eigenvalue weighted by Crippen LogP contribution is 2.06. The summed E-state index contributed by atoms with van der Waals surface area (Å²) in [5.41, 5.74) is 1.71. The van der Waals surface area contributed by atoms with Crippen molar-refractivity contribution in [2.24, 2.45) is 0 Å². The van der Waals surface area contributed by atoms with Gasteiger partial charge in [-0.25, -0.2) is 9.36 Å². The van der Waals surface area contributed by atoms with E-state index in [1.54, 1.807) is 21.5 Å². The molecule has 168 valence electrons. The molecule has 0 bridgehead atoms. The maximum absolute atomic E-state index is 11.8. The first-order chi connectivity index (χ1) is 15.7. The molecule has 0 amide bonds. The summed E-state index contributed by atoms with van der Waals surface area (Å²) < 4.78 is 13.6. The monoisotopic (exact) mass is 436 g/mol. The molecule has 4 aromatic rings. The normalized spacial score (nSPS) is 10.8. The Morgan fingerprint density at radius 1 is 0.719 bits per heavy atom. The lowest BCUT2D eigenvalue weighted by Gasteiger charge is -2.01. The molecule has 2 aromatic heterocycles. The molecule has 0 aliphatic heterocycles. The second-order valence-electron chi connectivity index (χ2n) is 6.96. The SMILES string of the molecule is C=CCOCCn1[nH]c2ccccc2c1=O.C=CCOCCn1[nH]c2ccccc2c1=O. The quantitative estimate of drug-likeness (QED) is 0.295. The average molecular weight is 437 g/mol. The van der Waals surface area contributed by atoms with Crippen LogP contribution >= 0.6 is 0 Å². The molecule has 0 aliphatic rings. The number of H-pyrrole nitrogens is 2. The van der Waals surface area contributed by atoms with E-state index in [1.807, 2.05) is 48.5 Å². The Kier molecular flexibility index (Phi) is 8.42. The summed E-state index contributed by atoms with van der Waals surface area (Å²) in [4.78, 5) is 23.7. The minimum atomic E-state index is -0.00203. The van der Waals surface area contributed by atoms with Gasteiger partial charge < -0.3 is 9.47 Å². The Morgan fingerprint density at radius 2 is 1.12 bits per heavy atom. The van der Waals surface area contributed by atoms with E-state index in [0.717, 1.165) is 11.0 Å². The van der Waals surface area contributed by atoms with E-state index < -0.39 is 0 Å². The molecule has 0 aliphatic carbocycles. The minimum Gasteiger partial charge on any atom is -0.375 e. The van der Waals surface area contributed by atoms with E-state index in [4.69, 9.17) is 9.47 Å². The zero-order valence-electron chi connectivity index (χ0n) is 18.0. The van der Waals surface area contributed by atoms with Crippen molar-refractivity contribution in [3.8, 4) is 0 Å². The lowest BCUT2D eigenvalue weighted by atomic mass is 10.3. The number of nitrogens with one attached hydrogen (secondary N) is 2. The molecular weight excluding hydrogens is 408 g/mol.